The molecule has 0 spiro atoms. The van der Waals surface area contributed by atoms with Gasteiger partial charge < -0.3 is 5.11 Å². The van der Waals surface area contributed by atoms with Crippen LogP contribution >= 0.6 is 15.9 Å². The topological polar surface area (TPSA) is 44.6 Å². The zero-order valence-corrected chi connectivity index (χ0v) is 10.1. The first-order valence-corrected chi connectivity index (χ1v) is 5.86. The van der Waals surface area contributed by atoms with Crippen LogP contribution in [0, 0.1) is 5.82 Å². The second-order valence-corrected chi connectivity index (χ2v) is 4.49. The molecule has 2 atom stereocenters. The normalized spacial score (nSPS) is 22.1. The van der Waals surface area contributed by atoms with Crippen molar-refractivity contribution in [2.45, 2.75) is 18.7 Å². The molecule has 5 heteroatoms. The summed E-state index contributed by atoms with van der Waals surface area (Å²) in [6, 6.07) is 4.47. The molecule has 0 saturated heterocycles. The highest BCUT2D eigenvalue weighted by atomic mass is 79.9. The highest BCUT2D eigenvalue weighted by Gasteiger charge is 2.21. The first-order chi connectivity index (χ1) is 7.68. The minimum Gasteiger partial charge on any atom is -0.385 e. The van der Waals surface area contributed by atoms with E-state index in [2.05, 4.69) is 26.2 Å². The highest BCUT2D eigenvalue weighted by Crippen LogP contribution is 2.24. The molecule has 2 unspecified atom stereocenters. The van der Waals surface area contributed by atoms with Gasteiger partial charge in [-0.1, -0.05) is 6.07 Å². The Balaban J connectivity index is 2.19. The van der Waals surface area contributed by atoms with Gasteiger partial charge in [0.2, 0.25) is 0 Å². The van der Waals surface area contributed by atoms with Gasteiger partial charge in [0.25, 0.3) is 0 Å². The molecule has 86 valence electrons. The number of aliphatic hydroxyl groups excluding tert-OH is 1. The van der Waals surface area contributed by atoms with Gasteiger partial charge in [0, 0.05) is 12.8 Å². The minimum atomic E-state index is -0.756. The Morgan fingerprint density at radius 1 is 1.56 bits per heavy atom. The second kappa shape index (κ2) is 5.03. The summed E-state index contributed by atoms with van der Waals surface area (Å²) in [5.41, 5.74) is 0.643. The molecule has 0 aromatic heterocycles. The monoisotopic (exact) mass is 286 g/mol. The summed E-state index contributed by atoms with van der Waals surface area (Å²) in [4.78, 5) is 4.16. The van der Waals surface area contributed by atoms with Crippen molar-refractivity contribution in [3.8, 4) is 0 Å². The molecule has 2 rings (SSSR count). The Morgan fingerprint density at radius 2 is 2.38 bits per heavy atom. The van der Waals surface area contributed by atoms with Gasteiger partial charge in [-0.25, -0.2) is 4.39 Å². The van der Waals surface area contributed by atoms with Crippen molar-refractivity contribution < 1.29 is 9.50 Å². The fourth-order valence-electron chi connectivity index (χ4n) is 1.61. The number of hydrogen-bond acceptors (Lipinski definition) is 3. The fourth-order valence-corrected chi connectivity index (χ4v) is 2.00. The molecule has 0 bridgehead atoms. The molecular formula is C11H12BrFN2O. The Kier molecular flexibility index (Phi) is 3.68. The van der Waals surface area contributed by atoms with Crippen molar-refractivity contribution in [3.63, 3.8) is 0 Å². The number of aliphatic imine (C=N–C) groups is 1. The zero-order chi connectivity index (χ0) is 11.5. The van der Waals surface area contributed by atoms with E-state index in [0.717, 1.165) is 13.0 Å². The van der Waals surface area contributed by atoms with Crippen molar-refractivity contribution in [1.82, 2.24) is 5.32 Å². The Labute approximate surface area is 102 Å². The third kappa shape index (κ3) is 2.48. The molecule has 1 aliphatic heterocycles. The predicted octanol–water partition coefficient (Wildman–Crippen LogP) is 2.01. The lowest BCUT2D eigenvalue weighted by Crippen LogP contribution is -2.37. The number of nitrogens with zero attached hydrogens (tertiary/aromatic N) is 1. The van der Waals surface area contributed by atoms with Crippen molar-refractivity contribution >= 4 is 22.1 Å². The SMILES string of the molecule is OC(c1ccc(F)c(Br)c1)C1N=CCCN1. The van der Waals surface area contributed by atoms with Crippen molar-refractivity contribution in [1.29, 1.82) is 0 Å². The maximum Gasteiger partial charge on any atom is 0.137 e. The van der Waals surface area contributed by atoms with Gasteiger partial charge in [0.1, 0.15) is 18.1 Å². The van der Waals surface area contributed by atoms with E-state index in [1.54, 1.807) is 18.3 Å². The quantitative estimate of drug-likeness (QED) is 0.874. The number of hydrogen-bond donors (Lipinski definition) is 2. The van der Waals surface area contributed by atoms with Gasteiger partial charge in [-0.2, -0.15) is 0 Å². The van der Waals surface area contributed by atoms with Crippen molar-refractivity contribution in [2.75, 3.05) is 6.54 Å². The average molecular weight is 287 g/mol. The van der Waals surface area contributed by atoms with Crippen molar-refractivity contribution in [2.24, 2.45) is 4.99 Å². The van der Waals surface area contributed by atoms with Crippen LogP contribution in [0.25, 0.3) is 0 Å². The largest absolute Gasteiger partial charge is 0.385 e. The summed E-state index contributed by atoms with van der Waals surface area (Å²) in [5, 5.41) is 13.1. The highest BCUT2D eigenvalue weighted by molar-refractivity contribution is 9.10. The lowest BCUT2D eigenvalue weighted by atomic mass is 10.1. The van der Waals surface area contributed by atoms with Gasteiger partial charge in [-0.05, 0) is 40.0 Å². The van der Waals surface area contributed by atoms with Crippen LogP contribution in [0.5, 0.6) is 0 Å². The molecule has 2 N–H and O–H groups in total. The molecule has 0 saturated carbocycles. The smallest absolute Gasteiger partial charge is 0.137 e. The summed E-state index contributed by atoms with van der Waals surface area (Å²) < 4.78 is 13.4. The third-order valence-electron chi connectivity index (χ3n) is 2.48. The number of halogens is 2. The Hall–Kier alpha value is -0.780. The van der Waals surface area contributed by atoms with E-state index in [0.29, 0.717) is 10.0 Å². The molecule has 1 aromatic rings. The molecule has 3 nitrogen and oxygen atoms in total. The van der Waals surface area contributed by atoms with E-state index < -0.39 is 6.10 Å². The van der Waals surface area contributed by atoms with Crippen LogP contribution < -0.4 is 5.32 Å². The van der Waals surface area contributed by atoms with Crippen molar-refractivity contribution in [3.05, 3.63) is 34.1 Å². The number of nitrogens with one attached hydrogen (secondary N) is 1. The lowest BCUT2D eigenvalue weighted by Gasteiger charge is -2.23. The van der Waals surface area contributed by atoms with E-state index >= 15 is 0 Å². The maximum absolute atomic E-state index is 13.0. The second-order valence-electron chi connectivity index (χ2n) is 3.64. The van der Waals surface area contributed by atoms with E-state index in [9.17, 15) is 9.50 Å². The molecule has 16 heavy (non-hydrogen) atoms. The average Bonchev–Trinajstić information content (AvgIpc) is 2.33. The van der Waals surface area contributed by atoms with Gasteiger partial charge in [-0.15, -0.1) is 0 Å². The predicted molar refractivity (Wildman–Crippen MR) is 64.0 cm³/mol. The molecule has 0 radical (unpaired) electrons. The van der Waals surface area contributed by atoms with Crippen LogP contribution in [0.1, 0.15) is 18.1 Å². The summed E-state index contributed by atoms with van der Waals surface area (Å²) in [6.07, 6.45) is 1.57. The van der Waals surface area contributed by atoms with E-state index in [1.807, 2.05) is 0 Å². The summed E-state index contributed by atoms with van der Waals surface area (Å²) in [5.74, 6) is -0.337. The zero-order valence-electron chi connectivity index (χ0n) is 8.53. The van der Waals surface area contributed by atoms with E-state index in [4.69, 9.17) is 0 Å². The third-order valence-corrected chi connectivity index (χ3v) is 3.08. The van der Waals surface area contributed by atoms with Gasteiger partial charge in [-0.3, -0.25) is 10.3 Å². The number of rotatable bonds is 2. The number of benzene rings is 1. The summed E-state index contributed by atoms with van der Waals surface area (Å²) in [7, 11) is 0. The van der Waals surface area contributed by atoms with Crippen LogP contribution in [-0.4, -0.2) is 24.0 Å². The van der Waals surface area contributed by atoms with E-state index in [-0.39, 0.29) is 12.0 Å². The molecule has 0 amide bonds. The molecule has 0 aliphatic carbocycles. The number of aliphatic hydroxyl groups is 1. The molecule has 1 aromatic carbocycles. The first kappa shape index (κ1) is 11.7. The van der Waals surface area contributed by atoms with Gasteiger partial charge >= 0.3 is 0 Å². The Morgan fingerprint density at radius 3 is 3.00 bits per heavy atom. The summed E-state index contributed by atoms with van der Waals surface area (Å²) >= 11 is 3.09. The van der Waals surface area contributed by atoms with Gasteiger partial charge in [0.05, 0.1) is 4.47 Å². The summed E-state index contributed by atoms with van der Waals surface area (Å²) in [6.45, 7) is 0.799. The van der Waals surface area contributed by atoms with Gasteiger partial charge in [0.15, 0.2) is 0 Å². The molecular weight excluding hydrogens is 275 g/mol. The lowest BCUT2D eigenvalue weighted by molar-refractivity contribution is 0.130. The van der Waals surface area contributed by atoms with Crippen LogP contribution in [0.4, 0.5) is 4.39 Å². The molecule has 0 fully saturated rings. The standard InChI is InChI=1S/C11H12BrFN2O/c12-8-6-7(2-3-9(8)13)10(16)11-14-4-1-5-15-11/h2-4,6,10-11,15-16H,1,5H2. The Bertz CT molecular complexity index is 411. The fraction of sp³-hybridized carbons (Fsp3) is 0.364. The van der Waals surface area contributed by atoms with E-state index in [1.165, 1.54) is 6.07 Å². The molecule has 1 aliphatic rings. The van der Waals surface area contributed by atoms with Crippen LogP contribution in [-0.2, 0) is 0 Å². The van der Waals surface area contributed by atoms with Crippen LogP contribution in [0.15, 0.2) is 27.7 Å². The first-order valence-electron chi connectivity index (χ1n) is 5.06. The van der Waals surface area contributed by atoms with Crippen LogP contribution in [0.2, 0.25) is 0 Å². The maximum atomic E-state index is 13.0. The minimum absolute atomic E-state index is 0.337. The molecule has 1 heterocycles. The van der Waals surface area contributed by atoms with Crippen LogP contribution in [0.3, 0.4) is 0 Å².